The van der Waals surface area contributed by atoms with E-state index in [1.54, 1.807) is 6.07 Å². The van der Waals surface area contributed by atoms with Crippen LogP contribution in [0.2, 0.25) is 5.02 Å². The van der Waals surface area contributed by atoms with Gasteiger partial charge in [-0.1, -0.05) is 41.9 Å². The van der Waals surface area contributed by atoms with Gasteiger partial charge in [0.1, 0.15) is 7.11 Å². The maximum absolute atomic E-state index is 12.3. The molecule has 1 heterocycles. The van der Waals surface area contributed by atoms with E-state index < -0.39 is 0 Å². The van der Waals surface area contributed by atoms with E-state index >= 15 is 0 Å². The lowest BCUT2D eigenvalue weighted by atomic mass is 10.1. The Balaban J connectivity index is 2.71. The lowest BCUT2D eigenvalue weighted by Gasteiger charge is -2.11. The molecule has 0 fully saturated rings. The molecule has 3 nitrogen and oxygen atoms in total. The number of halogens is 1. The van der Waals surface area contributed by atoms with Gasteiger partial charge in [0.15, 0.2) is 0 Å². The molecule has 18 heavy (non-hydrogen) atoms. The molecule has 0 aliphatic carbocycles. The monoisotopic (exact) mass is 259 g/mol. The SMILES string of the molecule is COn1c(=O)c2c(Cl)cccc2c2ccccc21. The van der Waals surface area contributed by atoms with Gasteiger partial charge in [0.25, 0.3) is 5.56 Å². The minimum atomic E-state index is -0.239. The van der Waals surface area contributed by atoms with Gasteiger partial charge in [0.05, 0.1) is 15.9 Å². The van der Waals surface area contributed by atoms with Crippen molar-refractivity contribution in [2.45, 2.75) is 0 Å². The minimum Gasteiger partial charge on any atom is -0.413 e. The summed E-state index contributed by atoms with van der Waals surface area (Å²) in [5.74, 6) is 0. The first-order valence-corrected chi connectivity index (χ1v) is 5.88. The predicted molar refractivity (Wildman–Crippen MR) is 73.2 cm³/mol. The predicted octanol–water partition coefficient (Wildman–Crippen LogP) is 2.87. The van der Waals surface area contributed by atoms with Crippen molar-refractivity contribution in [3.8, 4) is 0 Å². The zero-order valence-corrected chi connectivity index (χ0v) is 10.4. The number of pyridine rings is 1. The van der Waals surface area contributed by atoms with Gasteiger partial charge >= 0.3 is 0 Å². The van der Waals surface area contributed by atoms with E-state index in [4.69, 9.17) is 16.4 Å². The van der Waals surface area contributed by atoms with Crippen molar-refractivity contribution >= 4 is 33.3 Å². The molecular formula is C14H10ClNO2. The van der Waals surface area contributed by atoms with Crippen molar-refractivity contribution < 1.29 is 4.84 Å². The van der Waals surface area contributed by atoms with Crippen molar-refractivity contribution in [2.75, 3.05) is 7.11 Å². The van der Waals surface area contributed by atoms with Crippen molar-refractivity contribution in [3.05, 3.63) is 57.8 Å². The molecule has 1 aromatic heterocycles. The maximum Gasteiger partial charge on any atom is 0.292 e. The van der Waals surface area contributed by atoms with Gasteiger partial charge in [-0.15, -0.1) is 4.73 Å². The molecular weight excluding hydrogens is 250 g/mol. The van der Waals surface area contributed by atoms with E-state index in [2.05, 4.69) is 0 Å². The van der Waals surface area contributed by atoms with E-state index in [9.17, 15) is 4.79 Å². The molecule has 0 radical (unpaired) electrons. The molecule has 0 aliphatic rings. The van der Waals surface area contributed by atoms with E-state index in [0.29, 0.717) is 10.4 Å². The number of hydrogen-bond acceptors (Lipinski definition) is 2. The zero-order chi connectivity index (χ0) is 12.7. The molecule has 3 aromatic rings. The van der Waals surface area contributed by atoms with Gasteiger partial charge in [-0.05, 0) is 17.5 Å². The molecule has 4 heteroatoms. The first-order valence-electron chi connectivity index (χ1n) is 5.50. The van der Waals surface area contributed by atoms with Gasteiger partial charge in [-0.3, -0.25) is 4.79 Å². The number of hydrogen-bond donors (Lipinski definition) is 0. The summed E-state index contributed by atoms with van der Waals surface area (Å²) in [6.07, 6.45) is 0. The number of benzene rings is 2. The topological polar surface area (TPSA) is 31.2 Å². The van der Waals surface area contributed by atoms with Gasteiger partial charge in [-0.2, -0.15) is 0 Å². The molecule has 3 rings (SSSR count). The van der Waals surface area contributed by atoms with Crippen LogP contribution in [0.1, 0.15) is 0 Å². The second kappa shape index (κ2) is 4.03. The molecule has 0 aliphatic heterocycles. The van der Waals surface area contributed by atoms with Gasteiger partial charge in [0.2, 0.25) is 0 Å². The van der Waals surface area contributed by atoms with Crippen molar-refractivity contribution in [3.63, 3.8) is 0 Å². The van der Waals surface area contributed by atoms with Crippen LogP contribution in [0.4, 0.5) is 0 Å². The summed E-state index contributed by atoms with van der Waals surface area (Å²) in [4.78, 5) is 17.5. The first kappa shape index (κ1) is 11.1. The van der Waals surface area contributed by atoms with Crippen LogP contribution in [0.3, 0.4) is 0 Å². The number of para-hydroxylation sites is 1. The molecule has 90 valence electrons. The molecule has 0 N–H and O–H groups in total. The van der Waals surface area contributed by atoms with E-state index in [0.717, 1.165) is 16.3 Å². The summed E-state index contributed by atoms with van der Waals surface area (Å²) < 4.78 is 1.27. The molecule has 0 bridgehead atoms. The molecule has 0 spiro atoms. The Hall–Kier alpha value is -2.00. The van der Waals surface area contributed by atoms with Crippen LogP contribution in [0.25, 0.3) is 21.7 Å². The lowest BCUT2D eigenvalue weighted by Crippen LogP contribution is -2.25. The third-order valence-electron chi connectivity index (χ3n) is 3.01. The van der Waals surface area contributed by atoms with E-state index in [1.807, 2.05) is 36.4 Å². The highest BCUT2D eigenvalue weighted by atomic mass is 35.5. The molecule has 0 saturated carbocycles. The summed E-state index contributed by atoms with van der Waals surface area (Å²) in [5.41, 5.74) is 0.497. The third kappa shape index (κ3) is 1.41. The molecule has 0 unspecified atom stereocenters. The Labute approximate surface area is 108 Å². The normalized spacial score (nSPS) is 11.0. The molecule has 0 saturated heterocycles. The van der Waals surface area contributed by atoms with Crippen LogP contribution in [0, 0.1) is 0 Å². The lowest BCUT2D eigenvalue weighted by molar-refractivity contribution is 0.170. The summed E-state index contributed by atoms with van der Waals surface area (Å²) in [6, 6.07) is 13.0. The second-order valence-corrected chi connectivity index (χ2v) is 4.37. The van der Waals surface area contributed by atoms with Crippen LogP contribution in [0.5, 0.6) is 0 Å². The van der Waals surface area contributed by atoms with Gasteiger partial charge < -0.3 is 4.84 Å². The van der Waals surface area contributed by atoms with Crippen LogP contribution < -0.4 is 10.4 Å². The van der Waals surface area contributed by atoms with Gasteiger partial charge in [0, 0.05) is 5.39 Å². The summed E-state index contributed by atoms with van der Waals surface area (Å²) >= 11 is 6.12. The highest BCUT2D eigenvalue weighted by Crippen LogP contribution is 2.26. The van der Waals surface area contributed by atoms with Crippen LogP contribution >= 0.6 is 11.6 Å². The average molecular weight is 260 g/mol. The highest BCUT2D eigenvalue weighted by molar-refractivity contribution is 6.36. The fourth-order valence-electron chi connectivity index (χ4n) is 2.24. The molecule has 0 atom stereocenters. The average Bonchev–Trinajstić information content (AvgIpc) is 2.39. The summed E-state index contributed by atoms with van der Waals surface area (Å²) in [7, 11) is 1.47. The fourth-order valence-corrected chi connectivity index (χ4v) is 2.49. The Kier molecular flexibility index (Phi) is 2.49. The number of nitrogens with zero attached hydrogens (tertiary/aromatic N) is 1. The number of fused-ring (bicyclic) bond motifs is 3. The number of rotatable bonds is 1. The molecule has 2 aromatic carbocycles. The smallest absolute Gasteiger partial charge is 0.292 e. The van der Waals surface area contributed by atoms with Crippen molar-refractivity contribution in [1.29, 1.82) is 0 Å². The van der Waals surface area contributed by atoms with Crippen LogP contribution in [-0.2, 0) is 0 Å². The Morgan fingerprint density at radius 2 is 1.78 bits per heavy atom. The summed E-state index contributed by atoms with van der Waals surface area (Å²) in [6.45, 7) is 0. The Morgan fingerprint density at radius 1 is 1.06 bits per heavy atom. The first-order chi connectivity index (χ1) is 8.74. The van der Waals surface area contributed by atoms with Crippen molar-refractivity contribution in [2.24, 2.45) is 0 Å². The third-order valence-corrected chi connectivity index (χ3v) is 3.32. The zero-order valence-electron chi connectivity index (χ0n) is 9.68. The van der Waals surface area contributed by atoms with Crippen LogP contribution in [0.15, 0.2) is 47.3 Å². The van der Waals surface area contributed by atoms with Crippen molar-refractivity contribution in [1.82, 2.24) is 4.73 Å². The highest BCUT2D eigenvalue weighted by Gasteiger charge is 2.12. The molecule has 0 amide bonds. The minimum absolute atomic E-state index is 0.239. The maximum atomic E-state index is 12.3. The second-order valence-electron chi connectivity index (χ2n) is 3.96. The summed E-state index contributed by atoms with van der Waals surface area (Å²) in [5, 5.41) is 2.71. The standard InChI is InChI=1S/C14H10ClNO2/c1-18-16-12-8-3-2-5-9(12)10-6-4-7-11(15)13(10)14(16)17/h2-8H,1H3. The van der Waals surface area contributed by atoms with E-state index in [-0.39, 0.29) is 5.56 Å². The Bertz CT molecular complexity index is 808. The Morgan fingerprint density at radius 3 is 2.56 bits per heavy atom. The fraction of sp³-hybridized carbons (Fsp3) is 0.0714. The van der Waals surface area contributed by atoms with E-state index in [1.165, 1.54) is 11.8 Å². The van der Waals surface area contributed by atoms with Gasteiger partial charge in [-0.25, -0.2) is 0 Å². The van der Waals surface area contributed by atoms with Crippen LogP contribution in [-0.4, -0.2) is 11.8 Å². The largest absolute Gasteiger partial charge is 0.413 e. The quantitative estimate of drug-likeness (QED) is 0.629. The number of aromatic nitrogens is 1.